The van der Waals surface area contributed by atoms with Crippen LogP contribution in [0.15, 0.2) is 24.3 Å². The van der Waals surface area contributed by atoms with Crippen LogP contribution in [0.4, 0.5) is 4.39 Å². The first-order chi connectivity index (χ1) is 9.75. The molecule has 0 aromatic heterocycles. The molecule has 0 spiro atoms. The number of hydrogen-bond acceptors (Lipinski definition) is 3. The van der Waals surface area contributed by atoms with Crippen LogP contribution in [0.1, 0.15) is 25.7 Å². The van der Waals surface area contributed by atoms with Gasteiger partial charge in [0.1, 0.15) is 0 Å². The van der Waals surface area contributed by atoms with Crippen LogP contribution >= 0.6 is 0 Å². The van der Waals surface area contributed by atoms with Crippen LogP contribution in [0, 0.1) is 5.82 Å². The van der Waals surface area contributed by atoms with Crippen molar-refractivity contribution in [2.75, 3.05) is 19.7 Å². The van der Waals surface area contributed by atoms with Gasteiger partial charge in [0.25, 0.3) is 0 Å². The average molecular weight is 280 g/mol. The Balaban J connectivity index is 1.60. The Kier molecular flexibility index (Phi) is 5.80. The number of halogens is 1. The lowest BCUT2D eigenvalue weighted by Crippen LogP contribution is -2.42. The summed E-state index contributed by atoms with van der Waals surface area (Å²) in [7, 11) is 0. The highest BCUT2D eigenvalue weighted by Gasteiger charge is 2.14. The standard InChI is InChI=1S/C15H21FN2O2/c16-13-4-1-2-5-14(13)20-11-3-6-15(19)18-12-7-9-17-10-8-12/h1-2,4-5,12,17H,3,6-11H2,(H,18,19). The summed E-state index contributed by atoms with van der Waals surface area (Å²) >= 11 is 0. The number of para-hydroxylation sites is 1. The molecule has 4 nitrogen and oxygen atoms in total. The maximum Gasteiger partial charge on any atom is 0.220 e. The zero-order valence-corrected chi connectivity index (χ0v) is 11.5. The van der Waals surface area contributed by atoms with E-state index in [4.69, 9.17) is 4.74 Å². The van der Waals surface area contributed by atoms with E-state index in [0.29, 0.717) is 19.4 Å². The second-order valence-electron chi connectivity index (χ2n) is 4.97. The maximum absolute atomic E-state index is 13.3. The third kappa shape index (κ3) is 4.81. The maximum atomic E-state index is 13.3. The summed E-state index contributed by atoms with van der Waals surface area (Å²) in [5, 5.41) is 6.28. The van der Waals surface area contributed by atoms with Gasteiger partial charge in [-0.2, -0.15) is 0 Å². The third-order valence-corrected chi connectivity index (χ3v) is 3.35. The summed E-state index contributed by atoms with van der Waals surface area (Å²) in [6, 6.07) is 6.58. The Morgan fingerprint density at radius 1 is 1.35 bits per heavy atom. The van der Waals surface area contributed by atoms with Crippen molar-refractivity contribution in [1.29, 1.82) is 0 Å². The fourth-order valence-corrected chi connectivity index (χ4v) is 2.24. The van der Waals surface area contributed by atoms with Gasteiger partial charge in [-0.05, 0) is 44.5 Å². The van der Waals surface area contributed by atoms with E-state index in [9.17, 15) is 9.18 Å². The van der Waals surface area contributed by atoms with E-state index in [2.05, 4.69) is 10.6 Å². The molecule has 1 aliphatic heterocycles. The lowest BCUT2D eigenvalue weighted by molar-refractivity contribution is -0.122. The first-order valence-corrected chi connectivity index (χ1v) is 7.13. The largest absolute Gasteiger partial charge is 0.491 e. The first-order valence-electron chi connectivity index (χ1n) is 7.13. The predicted octanol–water partition coefficient (Wildman–Crippen LogP) is 1.85. The molecule has 0 atom stereocenters. The van der Waals surface area contributed by atoms with Gasteiger partial charge in [0.2, 0.25) is 5.91 Å². The highest BCUT2D eigenvalue weighted by Crippen LogP contribution is 2.15. The Hall–Kier alpha value is -1.62. The summed E-state index contributed by atoms with van der Waals surface area (Å²) in [6.07, 6.45) is 2.97. The minimum Gasteiger partial charge on any atom is -0.491 e. The van der Waals surface area contributed by atoms with Crippen LogP contribution < -0.4 is 15.4 Å². The van der Waals surface area contributed by atoms with Gasteiger partial charge in [0.15, 0.2) is 11.6 Å². The quantitative estimate of drug-likeness (QED) is 0.782. The van der Waals surface area contributed by atoms with Gasteiger partial charge in [0.05, 0.1) is 6.61 Å². The Labute approximate surface area is 118 Å². The second-order valence-corrected chi connectivity index (χ2v) is 4.97. The van der Waals surface area contributed by atoms with Crippen molar-refractivity contribution in [2.45, 2.75) is 31.7 Å². The van der Waals surface area contributed by atoms with Crippen molar-refractivity contribution in [3.8, 4) is 5.75 Å². The van der Waals surface area contributed by atoms with Gasteiger partial charge in [0, 0.05) is 12.5 Å². The smallest absolute Gasteiger partial charge is 0.220 e. The average Bonchev–Trinajstić information content (AvgIpc) is 2.46. The monoisotopic (exact) mass is 280 g/mol. The number of ether oxygens (including phenoxy) is 1. The molecular weight excluding hydrogens is 259 g/mol. The Bertz CT molecular complexity index is 434. The van der Waals surface area contributed by atoms with Crippen LogP contribution in [0.25, 0.3) is 0 Å². The lowest BCUT2D eigenvalue weighted by atomic mass is 10.1. The molecule has 2 N–H and O–H groups in total. The van der Waals surface area contributed by atoms with Crippen molar-refractivity contribution in [3.05, 3.63) is 30.1 Å². The molecule has 1 aliphatic rings. The molecule has 1 fully saturated rings. The van der Waals surface area contributed by atoms with Gasteiger partial charge >= 0.3 is 0 Å². The number of amides is 1. The van der Waals surface area contributed by atoms with E-state index in [1.165, 1.54) is 6.07 Å². The van der Waals surface area contributed by atoms with Crippen molar-refractivity contribution in [1.82, 2.24) is 10.6 Å². The summed E-state index contributed by atoms with van der Waals surface area (Å²) in [5.74, 6) is -0.0769. The van der Waals surface area contributed by atoms with Crippen molar-refractivity contribution in [2.24, 2.45) is 0 Å². The molecular formula is C15H21FN2O2. The molecule has 0 unspecified atom stereocenters. The number of carbonyl (C=O) groups is 1. The van der Waals surface area contributed by atoms with Crippen molar-refractivity contribution >= 4 is 5.91 Å². The van der Waals surface area contributed by atoms with Crippen molar-refractivity contribution in [3.63, 3.8) is 0 Å². The molecule has 110 valence electrons. The van der Waals surface area contributed by atoms with Crippen molar-refractivity contribution < 1.29 is 13.9 Å². The van der Waals surface area contributed by atoms with E-state index in [0.717, 1.165) is 25.9 Å². The fraction of sp³-hybridized carbons (Fsp3) is 0.533. The number of benzene rings is 1. The van der Waals surface area contributed by atoms with Gasteiger partial charge < -0.3 is 15.4 Å². The summed E-state index contributed by atoms with van der Waals surface area (Å²) in [4.78, 5) is 11.7. The number of rotatable bonds is 6. The van der Waals surface area contributed by atoms with E-state index in [1.54, 1.807) is 18.2 Å². The minimum atomic E-state index is -0.369. The Morgan fingerprint density at radius 3 is 2.85 bits per heavy atom. The SMILES string of the molecule is O=C(CCCOc1ccccc1F)NC1CCNCC1. The van der Waals surface area contributed by atoms with Gasteiger partial charge in [-0.25, -0.2) is 4.39 Å². The molecule has 0 saturated carbocycles. The highest BCUT2D eigenvalue weighted by atomic mass is 19.1. The Morgan fingerprint density at radius 2 is 2.10 bits per heavy atom. The summed E-state index contributed by atoms with van der Waals surface area (Å²) < 4.78 is 18.6. The molecule has 1 heterocycles. The van der Waals surface area contributed by atoms with Crippen LogP contribution in [-0.4, -0.2) is 31.6 Å². The number of nitrogens with one attached hydrogen (secondary N) is 2. The molecule has 0 bridgehead atoms. The summed E-state index contributed by atoms with van der Waals surface area (Å²) in [6.45, 7) is 2.27. The molecule has 2 rings (SSSR count). The van der Waals surface area contributed by atoms with Crippen LogP contribution in [0.3, 0.4) is 0 Å². The molecule has 1 amide bonds. The van der Waals surface area contributed by atoms with Crippen LogP contribution in [0.5, 0.6) is 5.75 Å². The molecule has 1 aromatic rings. The predicted molar refractivity (Wildman–Crippen MR) is 75.2 cm³/mol. The van der Waals surface area contributed by atoms with E-state index in [1.807, 2.05) is 0 Å². The molecule has 0 radical (unpaired) electrons. The number of carbonyl (C=O) groups excluding carboxylic acids is 1. The van der Waals surface area contributed by atoms with Gasteiger partial charge in [-0.3, -0.25) is 4.79 Å². The van der Waals surface area contributed by atoms with E-state index in [-0.39, 0.29) is 23.5 Å². The molecule has 5 heteroatoms. The third-order valence-electron chi connectivity index (χ3n) is 3.35. The topological polar surface area (TPSA) is 50.4 Å². The number of piperidine rings is 1. The van der Waals surface area contributed by atoms with E-state index < -0.39 is 0 Å². The molecule has 1 aromatic carbocycles. The molecule has 0 aliphatic carbocycles. The first kappa shape index (κ1) is 14.8. The fourth-order valence-electron chi connectivity index (χ4n) is 2.24. The molecule has 1 saturated heterocycles. The summed E-state index contributed by atoms with van der Waals surface area (Å²) in [5.41, 5.74) is 0. The zero-order chi connectivity index (χ0) is 14.2. The number of hydrogen-bond donors (Lipinski definition) is 2. The van der Waals surface area contributed by atoms with Gasteiger partial charge in [-0.1, -0.05) is 12.1 Å². The van der Waals surface area contributed by atoms with Crippen LogP contribution in [0.2, 0.25) is 0 Å². The van der Waals surface area contributed by atoms with E-state index >= 15 is 0 Å². The second kappa shape index (κ2) is 7.85. The molecule has 20 heavy (non-hydrogen) atoms. The minimum absolute atomic E-state index is 0.0500. The normalized spacial score (nSPS) is 15.8. The van der Waals surface area contributed by atoms with Gasteiger partial charge in [-0.15, -0.1) is 0 Å². The highest BCUT2D eigenvalue weighted by molar-refractivity contribution is 5.76. The lowest BCUT2D eigenvalue weighted by Gasteiger charge is -2.23. The van der Waals surface area contributed by atoms with Crippen LogP contribution in [-0.2, 0) is 4.79 Å². The zero-order valence-electron chi connectivity index (χ0n) is 11.5.